The average molecular weight is 362 g/mol. The Hall–Kier alpha value is -3.92. The van der Waals surface area contributed by atoms with E-state index in [4.69, 9.17) is 9.62 Å². The summed E-state index contributed by atoms with van der Waals surface area (Å²) in [7, 11) is 0. The van der Waals surface area contributed by atoms with Crippen molar-refractivity contribution in [2.24, 2.45) is 5.73 Å². The predicted octanol–water partition coefficient (Wildman–Crippen LogP) is 1.33. The van der Waals surface area contributed by atoms with E-state index in [2.05, 4.69) is 5.73 Å². The van der Waals surface area contributed by atoms with Gasteiger partial charge in [-0.3, -0.25) is 10.0 Å². The molecule has 3 rings (SSSR count). The second kappa shape index (κ2) is 7.32. The van der Waals surface area contributed by atoms with Crippen LogP contribution in [0.3, 0.4) is 0 Å². The largest absolute Gasteiger partial charge is 0.508 e. The molecule has 0 radical (unpaired) electrons. The lowest BCUT2D eigenvalue weighted by Gasteiger charge is -2.07. The van der Waals surface area contributed by atoms with Crippen molar-refractivity contribution in [2.45, 2.75) is 0 Å². The van der Waals surface area contributed by atoms with E-state index in [1.165, 1.54) is 35.8 Å². The summed E-state index contributed by atoms with van der Waals surface area (Å²) in [5.41, 5.74) is 5.12. The minimum Gasteiger partial charge on any atom is -0.508 e. The molecule has 0 aliphatic rings. The summed E-state index contributed by atoms with van der Waals surface area (Å²) < 4.78 is 5.43. The number of urea groups is 1. The fraction of sp³-hybridized carbons (Fsp3) is 0. The molecule has 0 aliphatic heterocycles. The number of carbonyl (C=O) groups is 1. The second-order valence-electron chi connectivity index (χ2n) is 4.97. The molecule has 1 aromatic heterocycles. The van der Waals surface area contributed by atoms with Gasteiger partial charge >= 0.3 is 6.03 Å². The Labute approximate surface area is 144 Å². The smallest absolute Gasteiger partial charge is 0.335 e. The SMILES string of the molecule is NC(=O)NO.O=c1c(O)c(-c2ccc(O)c(O)c2)oc2cc(O)ccc12. The minimum atomic E-state index is -0.940. The average Bonchev–Trinajstić information content (AvgIpc) is 2.61. The van der Waals surface area contributed by atoms with Gasteiger partial charge in [0.05, 0.1) is 5.39 Å². The van der Waals surface area contributed by atoms with Gasteiger partial charge in [0.25, 0.3) is 0 Å². The Morgan fingerprint density at radius 3 is 2.23 bits per heavy atom. The normalized spacial score (nSPS) is 10.0. The van der Waals surface area contributed by atoms with Crippen molar-refractivity contribution >= 4 is 17.0 Å². The molecular weight excluding hydrogens is 348 g/mol. The number of aromatic hydroxyl groups is 4. The monoisotopic (exact) mass is 362 g/mol. The van der Waals surface area contributed by atoms with Crippen LogP contribution in [0.1, 0.15) is 0 Å². The maximum atomic E-state index is 12.1. The number of hydrogen-bond donors (Lipinski definition) is 7. The van der Waals surface area contributed by atoms with Crippen LogP contribution in [0, 0.1) is 0 Å². The first-order valence-corrected chi connectivity index (χ1v) is 6.95. The van der Waals surface area contributed by atoms with Gasteiger partial charge in [-0.1, -0.05) is 0 Å². The van der Waals surface area contributed by atoms with Crippen LogP contribution in [0.5, 0.6) is 23.0 Å². The minimum absolute atomic E-state index is 0.0872. The summed E-state index contributed by atoms with van der Waals surface area (Å²) in [5.74, 6) is -1.60. The van der Waals surface area contributed by atoms with E-state index in [-0.39, 0.29) is 33.8 Å². The highest BCUT2D eigenvalue weighted by Crippen LogP contribution is 2.35. The quantitative estimate of drug-likeness (QED) is 0.192. The lowest BCUT2D eigenvalue weighted by molar-refractivity contribution is 0.169. The van der Waals surface area contributed by atoms with Crippen molar-refractivity contribution in [1.29, 1.82) is 0 Å². The third-order valence-electron chi connectivity index (χ3n) is 3.20. The van der Waals surface area contributed by atoms with Crippen LogP contribution in [0.25, 0.3) is 22.3 Å². The summed E-state index contributed by atoms with van der Waals surface area (Å²) >= 11 is 0. The molecule has 0 aliphatic carbocycles. The standard InChI is InChI=1S/C15H10O6.CH4N2O2/c16-8-2-3-9-12(6-8)21-15(14(20)13(9)19)7-1-4-10(17)11(18)5-7;2-1(4)3-5/h1-6,16-18,20H;5H,(H3,2,3,4). The van der Waals surface area contributed by atoms with E-state index < -0.39 is 23.0 Å². The van der Waals surface area contributed by atoms with E-state index in [9.17, 15) is 30.0 Å². The Balaban J connectivity index is 0.000000431. The molecule has 8 N–H and O–H groups in total. The van der Waals surface area contributed by atoms with E-state index in [0.29, 0.717) is 0 Å². The summed E-state index contributed by atoms with van der Waals surface area (Å²) in [6, 6.07) is 6.70. The van der Waals surface area contributed by atoms with Crippen LogP contribution < -0.4 is 16.6 Å². The van der Waals surface area contributed by atoms with Crippen LogP contribution in [0.4, 0.5) is 4.79 Å². The molecule has 0 spiro atoms. The number of carbonyl (C=O) groups excluding carboxylic acids is 1. The van der Waals surface area contributed by atoms with Crippen LogP contribution in [-0.2, 0) is 0 Å². The Morgan fingerprint density at radius 2 is 1.65 bits per heavy atom. The fourth-order valence-electron chi connectivity index (χ4n) is 2.03. The van der Waals surface area contributed by atoms with Crippen molar-refractivity contribution in [2.75, 3.05) is 0 Å². The number of nitrogens with one attached hydrogen (secondary N) is 1. The lowest BCUT2D eigenvalue weighted by Crippen LogP contribution is -2.25. The second-order valence-corrected chi connectivity index (χ2v) is 4.97. The van der Waals surface area contributed by atoms with E-state index in [1.54, 1.807) is 0 Å². The van der Waals surface area contributed by atoms with Gasteiger partial charge in [-0.15, -0.1) is 0 Å². The number of hydroxylamine groups is 1. The van der Waals surface area contributed by atoms with E-state index in [0.717, 1.165) is 6.07 Å². The van der Waals surface area contributed by atoms with Gasteiger partial charge in [0, 0.05) is 11.6 Å². The van der Waals surface area contributed by atoms with Crippen molar-refractivity contribution in [3.63, 3.8) is 0 Å². The molecule has 0 saturated carbocycles. The molecule has 136 valence electrons. The van der Waals surface area contributed by atoms with E-state index in [1.807, 2.05) is 0 Å². The van der Waals surface area contributed by atoms with Crippen molar-refractivity contribution in [1.82, 2.24) is 5.48 Å². The van der Waals surface area contributed by atoms with Crippen LogP contribution in [0.2, 0.25) is 0 Å². The molecule has 2 aromatic carbocycles. The molecule has 0 bridgehead atoms. The van der Waals surface area contributed by atoms with Crippen LogP contribution >= 0.6 is 0 Å². The molecule has 0 unspecified atom stereocenters. The number of hydrogen-bond acceptors (Lipinski definition) is 8. The zero-order chi connectivity index (χ0) is 19.4. The van der Waals surface area contributed by atoms with Gasteiger partial charge in [0.15, 0.2) is 17.3 Å². The number of phenols is 3. The number of fused-ring (bicyclic) bond motifs is 1. The maximum Gasteiger partial charge on any atom is 0.335 e. The van der Waals surface area contributed by atoms with Gasteiger partial charge in [-0.25, -0.2) is 10.3 Å². The highest BCUT2D eigenvalue weighted by molar-refractivity contribution is 5.83. The van der Waals surface area contributed by atoms with E-state index >= 15 is 0 Å². The number of phenolic OH excluding ortho intramolecular Hbond substituents is 3. The molecule has 10 heteroatoms. The van der Waals surface area contributed by atoms with Gasteiger partial charge in [0.1, 0.15) is 11.3 Å². The van der Waals surface area contributed by atoms with Gasteiger partial charge in [-0.2, -0.15) is 0 Å². The van der Waals surface area contributed by atoms with Crippen molar-refractivity contribution < 1.29 is 34.8 Å². The third kappa shape index (κ3) is 3.76. The van der Waals surface area contributed by atoms with Crippen LogP contribution in [0.15, 0.2) is 45.6 Å². The molecule has 1 heterocycles. The highest BCUT2D eigenvalue weighted by Gasteiger charge is 2.16. The molecule has 26 heavy (non-hydrogen) atoms. The summed E-state index contributed by atoms with van der Waals surface area (Å²) in [5, 5.41) is 45.7. The van der Waals surface area contributed by atoms with Gasteiger partial charge in [0.2, 0.25) is 11.2 Å². The van der Waals surface area contributed by atoms with Crippen LogP contribution in [-0.4, -0.2) is 31.7 Å². The topological polar surface area (TPSA) is 186 Å². The Kier molecular flexibility index (Phi) is 5.18. The molecule has 3 aromatic rings. The Morgan fingerprint density at radius 1 is 1.00 bits per heavy atom. The Bertz CT molecular complexity index is 1030. The number of primary amides is 1. The molecule has 0 fully saturated rings. The summed E-state index contributed by atoms with van der Waals surface area (Å²) in [6.07, 6.45) is 0. The molecule has 0 atom stereocenters. The number of nitrogens with two attached hydrogens (primary N) is 1. The molecule has 2 amide bonds. The maximum absolute atomic E-state index is 12.1. The lowest BCUT2D eigenvalue weighted by atomic mass is 10.1. The summed E-state index contributed by atoms with van der Waals surface area (Å²) in [6.45, 7) is 0. The fourth-order valence-corrected chi connectivity index (χ4v) is 2.03. The number of amides is 2. The first-order chi connectivity index (χ1) is 12.2. The molecular formula is C16H14N2O8. The zero-order valence-corrected chi connectivity index (χ0v) is 13.0. The van der Waals surface area contributed by atoms with Crippen molar-refractivity contribution in [3.05, 3.63) is 46.6 Å². The molecule has 0 saturated heterocycles. The number of benzene rings is 2. The third-order valence-corrected chi connectivity index (χ3v) is 3.20. The van der Waals surface area contributed by atoms with Crippen molar-refractivity contribution in [3.8, 4) is 34.3 Å². The molecule has 10 nitrogen and oxygen atoms in total. The van der Waals surface area contributed by atoms with Gasteiger partial charge in [-0.05, 0) is 30.3 Å². The van der Waals surface area contributed by atoms with Gasteiger partial charge < -0.3 is 30.6 Å². The first-order valence-electron chi connectivity index (χ1n) is 6.95. The summed E-state index contributed by atoms with van der Waals surface area (Å²) in [4.78, 5) is 21.3. The number of rotatable bonds is 1. The first kappa shape index (κ1) is 18.4. The zero-order valence-electron chi connectivity index (χ0n) is 13.0. The highest BCUT2D eigenvalue weighted by atomic mass is 16.5. The predicted molar refractivity (Wildman–Crippen MR) is 89.1 cm³/mol.